The predicted octanol–water partition coefficient (Wildman–Crippen LogP) is 3.93. The molecule has 4 nitrogen and oxygen atoms in total. The van der Waals surface area contributed by atoms with Crippen LogP contribution in [0.1, 0.15) is 36.6 Å². The Bertz CT molecular complexity index is 479. The zero-order valence-electron chi connectivity index (χ0n) is 11.7. The second kappa shape index (κ2) is 6.05. The number of likely N-dealkylation sites (N-methyl/N-ethyl adjacent to an activating group) is 1. The van der Waals surface area contributed by atoms with E-state index in [1.165, 1.54) is 16.2 Å². The van der Waals surface area contributed by atoms with Crippen LogP contribution in [0.3, 0.4) is 0 Å². The number of rotatable bonds is 3. The molecule has 0 saturated heterocycles. The van der Waals surface area contributed by atoms with Gasteiger partial charge in [0.25, 0.3) is 0 Å². The van der Waals surface area contributed by atoms with Crippen molar-refractivity contribution in [3.8, 4) is 0 Å². The van der Waals surface area contributed by atoms with Crippen LogP contribution >= 0.6 is 27.3 Å². The van der Waals surface area contributed by atoms with Crippen molar-refractivity contribution in [2.75, 3.05) is 7.05 Å². The molecule has 1 unspecified atom stereocenters. The Morgan fingerprint density at radius 2 is 2.11 bits per heavy atom. The fourth-order valence-electron chi connectivity index (χ4n) is 1.48. The lowest BCUT2D eigenvalue weighted by atomic mass is 10.2. The lowest BCUT2D eigenvalue weighted by Gasteiger charge is -2.27. The highest BCUT2D eigenvalue weighted by Gasteiger charge is 2.28. The Morgan fingerprint density at radius 3 is 2.47 bits per heavy atom. The molecular formula is C13H18BrNO3S. The lowest BCUT2D eigenvalue weighted by molar-refractivity contribution is -0.112. The third kappa shape index (κ3) is 4.31. The summed E-state index contributed by atoms with van der Waals surface area (Å²) < 4.78 is 6.10. The van der Waals surface area contributed by atoms with Crippen LogP contribution in [0.25, 0.3) is 0 Å². The van der Waals surface area contributed by atoms with Crippen molar-refractivity contribution in [2.45, 2.75) is 39.3 Å². The highest BCUT2D eigenvalue weighted by molar-refractivity contribution is 9.10. The van der Waals surface area contributed by atoms with E-state index in [1.54, 1.807) is 27.8 Å². The van der Waals surface area contributed by atoms with Crippen LogP contribution in [0.5, 0.6) is 0 Å². The first kappa shape index (κ1) is 16.2. The van der Waals surface area contributed by atoms with E-state index in [9.17, 15) is 9.59 Å². The fraction of sp³-hybridized carbons (Fsp3) is 0.538. The standard InChI is InChI=1S/C13H18BrNO3S/c1-8-6-9(14)11(19-8)10(7-16)15(5)12(17)18-13(2,3)4/h6-7,10H,1-5H3. The molecule has 0 saturated carbocycles. The van der Waals surface area contributed by atoms with Gasteiger partial charge >= 0.3 is 6.09 Å². The second-order valence-corrected chi connectivity index (χ2v) is 7.38. The molecule has 0 aliphatic heterocycles. The Balaban J connectivity index is 2.94. The molecule has 106 valence electrons. The molecule has 0 fully saturated rings. The van der Waals surface area contributed by atoms with E-state index in [-0.39, 0.29) is 0 Å². The molecule has 0 bridgehead atoms. The number of hydrogen-bond acceptors (Lipinski definition) is 4. The number of ether oxygens (including phenoxy) is 1. The Hall–Kier alpha value is -0.880. The van der Waals surface area contributed by atoms with Crippen molar-refractivity contribution >= 4 is 39.6 Å². The molecule has 0 spiro atoms. The number of halogens is 1. The molecule has 1 heterocycles. The van der Waals surface area contributed by atoms with E-state index in [4.69, 9.17) is 4.74 Å². The number of carbonyl (C=O) groups is 2. The van der Waals surface area contributed by atoms with Crippen LogP contribution in [-0.4, -0.2) is 29.9 Å². The molecule has 1 rings (SSSR count). The average molecular weight is 348 g/mol. The van der Waals surface area contributed by atoms with Crippen LogP contribution in [0, 0.1) is 6.92 Å². The van der Waals surface area contributed by atoms with Crippen molar-refractivity contribution in [1.82, 2.24) is 4.90 Å². The quantitative estimate of drug-likeness (QED) is 0.778. The fourth-order valence-corrected chi connectivity index (χ4v) is 3.47. The van der Waals surface area contributed by atoms with Crippen molar-refractivity contribution in [3.05, 3.63) is 20.3 Å². The number of carbonyl (C=O) groups excluding carboxylic acids is 2. The van der Waals surface area contributed by atoms with Crippen LogP contribution in [0.15, 0.2) is 10.5 Å². The highest BCUT2D eigenvalue weighted by Crippen LogP contribution is 2.34. The van der Waals surface area contributed by atoms with Gasteiger partial charge in [-0.25, -0.2) is 4.79 Å². The summed E-state index contributed by atoms with van der Waals surface area (Å²) in [6.07, 6.45) is 0.238. The third-order valence-electron chi connectivity index (χ3n) is 2.33. The molecule has 0 radical (unpaired) electrons. The molecule has 6 heteroatoms. The summed E-state index contributed by atoms with van der Waals surface area (Å²) in [5.41, 5.74) is -0.582. The summed E-state index contributed by atoms with van der Waals surface area (Å²) >= 11 is 4.89. The molecule has 1 amide bonds. The second-order valence-electron chi connectivity index (χ2n) is 5.24. The molecule has 19 heavy (non-hydrogen) atoms. The Morgan fingerprint density at radius 1 is 1.53 bits per heavy atom. The lowest BCUT2D eigenvalue weighted by Crippen LogP contribution is -2.37. The van der Waals surface area contributed by atoms with E-state index in [1.807, 2.05) is 13.0 Å². The first-order valence-corrected chi connectivity index (χ1v) is 7.43. The van der Waals surface area contributed by atoms with Gasteiger partial charge in [0.15, 0.2) is 0 Å². The number of aryl methyl sites for hydroxylation is 1. The van der Waals surface area contributed by atoms with Gasteiger partial charge in [0.05, 0.1) is 0 Å². The first-order valence-electron chi connectivity index (χ1n) is 5.82. The van der Waals surface area contributed by atoms with Gasteiger partial charge in [-0.2, -0.15) is 0 Å². The minimum Gasteiger partial charge on any atom is -0.444 e. The first-order chi connectivity index (χ1) is 8.65. The van der Waals surface area contributed by atoms with Crippen LogP contribution < -0.4 is 0 Å². The Labute approximate surface area is 125 Å². The zero-order chi connectivity index (χ0) is 14.8. The van der Waals surface area contributed by atoms with Gasteiger partial charge in [0.1, 0.15) is 17.9 Å². The zero-order valence-corrected chi connectivity index (χ0v) is 14.1. The van der Waals surface area contributed by atoms with Gasteiger partial charge in [0.2, 0.25) is 0 Å². The number of aldehydes is 1. The molecule has 1 aromatic heterocycles. The van der Waals surface area contributed by atoms with Crippen molar-refractivity contribution in [2.24, 2.45) is 0 Å². The maximum Gasteiger partial charge on any atom is 0.410 e. The smallest absolute Gasteiger partial charge is 0.410 e. The molecule has 0 N–H and O–H groups in total. The summed E-state index contributed by atoms with van der Waals surface area (Å²) in [5, 5.41) is 0. The summed E-state index contributed by atoms with van der Waals surface area (Å²) in [7, 11) is 1.56. The minimum absolute atomic E-state index is 0.512. The molecule has 0 aliphatic carbocycles. The average Bonchev–Trinajstić information content (AvgIpc) is 2.56. The van der Waals surface area contributed by atoms with Crippen LogP contribution in [0.4, 0.5) is 4.79 Å². The molecule has 0 aromatic carbocycles. The van der Waals surface area contributed by atoms with E-state index < -0.39 is 17.7 Å². The highest BCUT2D eigenvalue weighted by atomic mass is 79.9. The van der Waals surface area contributed by atoms with Gasteiger partial charge in [-0.15, -0.1) is 11.3 Å². The molecule has 1 atom stereocenters. The third-order valence-corrected chi connectivity index (χ3v) is 4.37. The SMILES string of the molecule is Cc1cc(Br)c(C(C=O)N(C)C(=O)OC(C)(C)C)s1. The summed E-state index contributed by atoms with van der Waals surface area (Å²) in [6.45, 7) is 7.33. The van der Waals surface area contributed by atoms with Crippen molar-refractivity contribution in [3.63, 3.8) is 0 Å². The maximum atomic E-state index is 12.0. The van der Waals surface area contributed by atoms with Gasteiger partial charge in [-0.3, -0.25) is 4.90 Å². The summed E-state index contributed by atoms with van der Waals surface area (Å²) in [4.78, 5) is 26.5. The van der Waals surface area contributed by atoms with Gasteiger partial charge < -0.3 is 9.53 Å². The van der Waals surface area contributed by atoms with Gasteiger partial charge in [0, 0.05) is 21.3 Å². The normalized spacial score (nSPS) is 12.9. The number of hydrogen-bond donors (Lipinski definition) is 0. The Kier molecular flexibility index (Phi) is 5.15. The minimum atomic E-state index is -0.636. The predicted molar refractivity (Wildman–Crippen MR) is 79.6 cm³/mol. The maximum absolute atomic E-state index is 12.0. The van der Waals surface area contributed by atoms with E-state index >= 15 is 0 Å². The van der Waals surface area contributed by atoms with Crippen molar-refractivity contribution in [1.29, 1.82) is 0 Å². The van der Waals surface area contributed by atoms with Gasteiger partial charge in [-0.1, -0.05) is 0 Å². The van der Waals surface area contributed by atoms with Crippen LogP contribution in [-0.2, 0) is 9.53 Å². The molecular weight excluding hydrogens is 330 g/mol. The topological polar surface area (TPSA) is 46.6 Å². The number of nitrogens with zero attached hydrogens (tertiary/aromatic N) is 1. The van der Waals surface area contributed by atoms with Crippen molar-refractivity contribution < 1.29 is 14.3 Å². The van der Waals surface area contributed by atoms with Gasteiger partial charge in [-0.05, 0) is 49.7 Å². The van der Waals surface area contributed by atoms with Crippen LogP contribution in [0.2, 0.25) is 0 Å². The van der Waals surface area contributed by atoms with E-state index in [0.29, 0.717) is 0 Å². The number of thiophene rings is 1. The summed E-state index contributed by atoms with van der Waals surface area (Å²) in [5.74, 6) is 0. The summed E-state index contributed by atoms with van der Waals surface area (Å²) in [6, 6.07) is 1.29. The molecule has 0 aliphatic rings. The molecule has 1 aromatic rings. The largest absolute Gasteiger partial charge is 0.444 e. The number of amides is 1. The van der Waals surface area contributed by atoms with E-state index in [0.717, 1.165) is 20.5 Å². The monoisotopic (exact) mass is 347 g/mol. The van der Waals surface area contributed by atoms with E-state index in [2.05, 4.69) is 15.9 Å².